The highest BCUT2D eigenvalue weighted by molar-refractivity contribution is 9.10. The summed E-state index contributed by atoms with van der Waals surface area (Å²) in [4.78, 5) is 8.36. The van der Waals surface area contributed by atoms with E-state index in [9.17, 15) is 0 Å². The summed E-state index contributed by atoms with van der Waals surface area (Å²) in [7, 11) is 0. The zero-order valence-electron chi connectivity index (χ0n) is 25.4. The fourth-order valence-electron chi connectivity index (χ4n) is 6.45. The molecule has 0 N–H and O–H groups in total. The second kappa shape index (κ2) is 12.3. The molecule has 0 radical (unpaired) electrons. The van der Waals surface area contributed by atoms with Gasteiger partial charge >= 0.3 is 0 Å². The maximum Gasteiger partial charge on any atom is 0.106 e. The molecule has 0 spiro atoms. The van der Waals surface area contributed by atoms with Crippen molar-refractivity contribution in [2.75, 3.05) is 0 Å². The highest BCUT2D eigenvalue weighted by Gasteiger charge is 2.36. The smallest absolute Gasteiger partial charge is 0.106 e. The van der Waals surface area contributed by atoms with E-state index in [4.69, 9.17) is 0 Å². The molecule has 4 aromatic carbocycles. The van der Waals surface area contributed by atoms with E-state index in [1.165, 1.54) is 50.1 Å². The molecule has 0 bridgehead atoms. The molecule has 44 heavy (non-hydrogen) atoms. The molecule has 0 amide bonds. The van der Waals surface area contributed by atoms with Gasteiger partial charge in [0.15, 0.2) is 0 Å². The van der Waals surface area contributed by atoms with Crippen LogP contribution in [0.5, 0.6) is 0 Å². The van der Waals surface area contributed by atoms with Gasteiger partial charge in [0.25, 0.3) is 0 Å². The molecule has 6 aromatic rings. The highest BCUT2D eigenvalue weighted by Crippen LogP contribution is 2.50. The van der Waals surface area contributed by atoms with E-state index in [-0.39, 0.29) is 10.8 Å². The normalized spacial score (nSPS) is 14.0. The lowest BCUT2D eigenvalue weighted by Crippen LogP contribution is -2.14. The summed E-state index contributed by atoms with van der Waals surface area (Å²) in [5, 5.41) is 0. The van der Waals surface area contributed by atoms with E-state index < -0.39 is 0 Å². The van der Waals surface area contributed by atoms with Crippen LogP contribution in [0.3, 0.4) is 0 Å². The van der Waals surface area contributed by atoms with E-state index >= 15 is 0 Å². The Morgan fingerprint density at radius 2 is 0.955 bits per heavy atom. The monoisotopic (exact) mass is 700 g/mol. The van der Waals surface area contributed by atoms with Gasteiger partial charge in [0.1, 0.15) is 4.60 Å². The summed E-state index contributed by atoms with van der Waals surface area (Å²) in [6, 6.07) is 42.5. The highest BCUT2D eigenvalue weighted by atomic mass is 79.9. The number of fused-ring (bicyclic) bond motifs is 6. The number of hydrogen-bond donors (Lipinski definition) is 0. The van der Waals surface area contributed by atoms with Gasteiger partial charge in [0.2, 0.25) is 0 Å². The SMILES string of the molecule is Brc1ccccn1.CC1(C)c2ccccc2-c2cc(-c3ccccn3)ccc21.CC1(C)c2ccccc2-c2cc(Br)ccc21. The minimum atomic E-state index is 0.0779. The van der Waals surface area contributed by atoms with Crippen LogP contribution in [0.4, 0.5) is 0 Å². The molecule has 0 unspecified atom stereocenters. The number of rotatable bonds is 1. The molecular weight excluding hydrogens is 668 g/mol. The van der Waals surface area contributed by atoms with Gasteiger partial charge in [-0.3, -0.25) is 4.98 Å². The van der Waals surface area contributed by atoms with Crippen LogP contribution in [0, 0.1) is 0 Å². The summed E-state index contributed by atoms with van der Waals surface area (Å²) >= 11 is 6.75. The van der Waals surface area contributed by atoms with Crippen LogP contribution < -0.4 is 0 Å². The predicted octanol–water partition coefficient (Wildman–Crippen LogP) is 11.7. The first-order chi connectivity index (χ1) is 21.2. The lowest BCUT2D eigenvalue weighted by atomic mass is 9.82. The Bertz CT molecular complexity index is 1930. The van der Waals surface area contributed by atoms with Gasteiger partial charge in [0.05, 0.1) is 5.69 Å². The van der Waals surface area contributed by atoms with Gasteiger partial charge in [-0.2, -0.15) is 0 Å². The van der Waals surface area contributed by atoms with Crippen LogP contribution in [-0.4, -0.2) is 9.97 Å². The van der Waals surface area contributed by atoms with Crippen molar-refractivity contribution in [3.05, 3.63) is 165 Å². The Balaban J connectivity index is 0.000000131. The third-order valence-corrected chi connectivity index (χ3v) is 9.68. The Morgan fingerprint density at radius 1 is 0.455 bits per heavy atom. The maximum atomic E-state index is 4.47. The molecule has 0 saturated heterocycles. The van der Waals surface area contributed by atoms with E-state index in [0.29, 0.717) is 0 Å². The second-order valence-corrected chi connectivity index (χ2v) is 13.9. The molecule has 0 fully saturated rings. The standard InChI is InChI=1S/C20H17N.C15H13Br.C5H4BrN/c1-20(2)17-8-4-3-7-15(17)16-13-14(10-11-18(16)20)19-9-5-6-12-21-19;1-15(2)13-6-4-3-5-11(13)12-9-10(16)7-8-14(12)15;6-5-3-1-2-4-7-5/h3-13H,1-2H3;3-9H,1-2H3;1-4H. The summed E-state index contributed by atoms with van der Waals surface area (Å²) in [5.74, 6) is 0. The Hall–Kier alpha value is -3.86. The number of pyridine rings is 2. The van der Waals surface area contributed by atoms with Gasteiger partial charge < -0.3 is 0 Å². The average molecular weight is 703 g/mol. The zero-order chi connectivity index (χ0) is 30.9. The molecule has 2 aromatic heterocycles. The van der Waals surface area contributed by atoms with Gasteiger partial charge in [0, 0.05) is 33.3 Å². The second-order valence-electron chi connectivity index (χ2n) is 12.2. The average Bonchev–Trinajstić information content (AvgIpc) is 3.41. The van der Waals surface area contributed by atoms with Crippen molar-refractivity contribution in [1.29, 1.82) is 0 Å². The first-order valence-electron chi connectivity index (χ1n) is 14.8. The molecule has 2 nitrogen and oxygen atoms in total. The van der Waals surface area contributed by atoms with Crippen LogP contribution >= 0.6 is 31.9 Å². The molecule has 4 heteroatoms. The number of aromatic nitrogens is 2. The van der Waals surface area contributed by atoms with Crippen LogP contribution in [0.2, 0.25) is 0 Å². The van der Waals surface area contributed by atoms with Crippen LogP contribution in [0.1, 0.15) is 49.9 Å². The molecule has 8 rings (SSSR count). The van der Waals surface area contributed by atoms with E-state index in [2.05, 4.69) is 161 Å². The van der Waals surface area contributed by atoms with Crippen molar-refractivity contribution in [1.82, 2.24) is 9.97 Å². The van der Waals surface area contributed by atoms with Crippen molar-refractivity contribution in [2.45, 2.75) is 38.5 Å². The number of halogens is 2. The lowest BCUT2D eigenvalue weighted by Gasteiger charge is -2.21. The minimum absolute atomic E-state index is 0.0779. The van der Waals surface area contributed by atoms with Crippen molar-refractivity contribution in [3.63, 3.8) is 0 Å². The molecular formula is C40H34Br2N2. The number of nitrogens with zero attached hydrogens (tertiary/aromatic N) is 2. The fraction of sp³-hybridized carbons (Fsp3) is 0.150. The lowest BCUT2D eigenvalue weighted by molar-refractivity contribution is 0.660. The van der Waals surface area contributed by atoms with Crippen LogP contribution in [-0.2, 0) is 10.8 Å². The van der Waals surface area contributed by atoms with E-state index in [0.717, 1.165) is 14.8 Å². The van der Waals surface area contributed by atoms with Crippen LogP contribution in [0.15, 0.2) is 143 Å². The quantitative estimate of drug-likeness (QED) is 0.159. The molecule has 2 aliphatic carbocycles. The third-order valence-electron chi connectivity index (χ3n) is 8.72. The summed E-state index contributed by atoms with van der Waals surface area (Å²) in [6.45, 7) is 9.20. The van der Waals surface area contributed by atoms with Crippen molar-refractivity contribution in [2.24, 2.45) is 0 Å². The Kier molecular flexibility index (Phi) is 8.41. The predicted molar refractivity (Wildman–Crippen MR) is 191 cm³/mol. The van der Waals surface area contributed by atoms with Crippen LogP contribution in [0.25, 0.3) is 33.5 Å². The third kappa shape index (κ3) is 5.69. The minimum Gasteiger partial charge on any atom is -0.256 e. The molecule has 0 atom stereocenters. The van der Waals surface area contributed by atoms with Gasteiger partial charge in [-0.25, -0.2) is 4.98 Å². The maximum absolute atomic E-state index is 4.47. The zero-order valence-corrected chi connectivity index (χ0v) is 28.5. The summed E-state index contributed by atoms with van der Waals surface area (Å²) in [5.41, 5.74) is 13.6. The molecule has 0 aliphatic heterocycles. The van der Waals surface area contributed by atoms with Crippen molar-refractivity contribution < 1.29 is 0 Å². The summed E-state index contributed by atoms with van der Waals surface area (Å²) < 4.78 is 2.04. The Labute approximate surface area is 277 Å². The van der Waals surface area contributed by atoms with Gasteiger partial charge in [-0.05, 0) is 103 Å². The molecule has 2 heterocycles. The molecule has 218 valence electrons. The molecule has 0 saturated carbocycles. The topological polar surface area (TPSA) is 25.8 Å². The van der Waals surface area contributed by atoms with Gasteiger partial charge in [-0.15, -0.1) is 0 Å². The van der Waals surface area contributed by atoms with Gasteiger partial charge in [-0.1, -0.05) is 122 Å². The Morgan fingerprint density at radius 3 is 1.48 bits per heavy atom. The molecule has 2 aliphatic rings. The number of hydrogen-bond acceptors (Lipinski definition) is 2. The van der Waals surface area contributed by atoms with E-state index in [1.54, 1.807) is 6.20 Å². The van der Waals surface area contributed by atoms with Crippen molar-refractivity contribution >= 4 is 31.9 Å². The summed E-state index contributed by atoms with van der Waals surface area (Å²) in [6.07, 6.45) is 3.59. The largest absolute Gasteiger partial charge is 0.256 e. The first-order valence-corrected chi connectivity index (χ1v) is 16.4. The fourth-order valence-corrected chi connectivity index (χ4v) is 7.08. The van der Waals surface area contributed by atoms with E-state index in [1.807, 2.05) is 36.5 Å². The number of benzene rings is 4. The first kappa shape index (κ1) is 30.2. The van der Waals surface area contributed by atoms with Crippen molar-refractivity contribution in [3.8, 4) is 33.5 Å².